The van der Waals surface area contributed by atoms with Gasteiger partial charge in [0.25, 0.3) is 11.7 Å². The highest BCUT2D eigenvalue weighted by atomic mass is 16.5. The number of hydrogen-bond donors (Lipinski definition) is 6. The van der Waals surface area contributed by atoms with Crippen molar-refractivity contribution in [2.45, 2.75) is 33.0 Å². The number of aliphatic hydroxyl groups is 2. The van der Waals surface area contributed by atoms with Gasteiger partial charge in [-0.05, 0) is 18.1 Å². The van der Waals surface area contributed by atoms with Gasteiger partial charge in [0.05, 0.1) is 6.54 Å². The lowest BCUT2D eigenvalue weighted by Gasteiger charge is -2.30. The molecule has 0 spiro atoms. The molecule has 0 aliphatic heterocycles. The Kier molecular flexibility index (Phi) is 8.28. The van der Waals surface area contributed by atoms with Gasteiger partial charge in [-0.25, -0.2) is 4.79 Å². The number of primary amides is 1. The van der Waals surface area contributed by atoms with Crippen molar-refractivity contribution in [3.8, 4) is 5.75 Å². The summed E-state index contributed by atoms with van der Waals surface area (Å²) < 4.78 is 0. The van der Waals surface area contributed by atoms with Crippen LogP contribution in [0.3, 0.4) is 0 Å². The van der Waals surface area contributed by atoms with Crippen molar-refractivity contribution in [1.82, 2.24) is 4.90 Å². The number of phenolic OH excluding ortho intramolecular Hbond substituents is 1. The maximum atomic E-state index is 12.7. The number of nitrogens with zero attached hydrogens (tertiary/aromatic N) is 2. The van der Waals surface area contributed by atoms with E-state index < -0.39 is 53.1 Å². The van der Waals surface area contributed by atoms with Gasteiger partial charge in [-0.1, -0.05) is 26.8 Å². The predicted molar refractivity (Wildman–Crippen MR) is 104 cm³/mol. The molecule has 0 unspecified atom stereocenters. The minimum absolute atomic E-state index is 0.0141. The normalized spacial score (nSPS) is 11.2. The van der Waals surface area contributed by atoms with Crippen LogP contribution < -0.4 is 16.1 Å². The molecule has 0 saturated carbocycles. The number of carbonyl (C=O) groups is 4. The molecule has 30 heavy (non-hydrogen) atoms. The highest BCUT2D eigenvalue weighted by Crippen LogP contribution is 2.34. The molecule has 12 nitrogen and oxygen atoms in total. The molecule has 7 N–H and O–H groups in total. The van der Waals surface area contributed by atoms with Crippen molar-refractivity contribution in [3.63, 3.8) is 0 Å². The van der Waals surface area contributed by atoms with Gasteiger partial charge in [-0.3, -0.25) is 19.6 Å². The van der Waals surface area contributed by atoms with Crippen LogP contribution in [0.25, 0.3) is 0 Å². The summed E-state index contributed by atoms with van der Waals surface area (Å²) in [7, 11) is 0. The van der Waals surface area contributed by atoms with E-state index in [1.54, 1.807) is 13.8 Å². The van der Waals surface area contributed by atoms with Crippen LogP contribution in [0.1, 0.15) is 27.2 Å². The number of aromatic hydroxyl groups is 1. The van der Waals surface area contributed by atoms with E-state index in [9.17, 15) is 39.7 Å². The third-order valence-electron chi connectivity index (χ3n) is 3.91. The maximum Gasteiger partial charge on any atom is 0.322 e. The summed E-state index contributed by atoms with van der Waals surface area (Å²) in [6.45, 7) is 3.93. The molecule has 0 atom stereocenters. The van der Waals surface area contributed by atoms with Crippen LogP contribution in [0.15, 0.2) is 18.2 Å². The second kappa shape index (κ2) is 10.0. The van der Waals surface area contributed by atoms with Crippen molar-refractivity contribution < 1.29 is 39.7 Å². The highest BCUT2D eigenvalue weighted by Gasteiger charge is 2.36. The van der Waals surface area contributed by atoms with Crippen molar-refractivity contribution in [1.29, 1.82) is 0 Å². The van der Waals surface area contributed by atoms with E-state index in [0.717, 1.165) is 17.0 Å². The van der Waals surface area contributed by atoms with Gasteiger partial charge in [0.15, 0.2) is 0 Å². The van der Waals surface area contributed by atoms with Gasteiger partial charge in [-0.15, -0.1) is 0 Å². The molecule has 0 bridgehead atoms. The number of benzene rings is 1. The van der Waals surface area contributed by atoms with Gasteiger partial charge in [0.1, 0.15) is 17.1 Å². The number of phenols is 1. The Morgan fingerprint density at radius 3 is 2.30 bits per heavy atom. The summed E-state index contributed by atoms with van der Waals surface area (Å²) in [5.74, 6) is -7.39. The number of anilines is 2. The van der Waals surface area contributed by atoms with Crippen molar-refractivity contribution in [3.05, 3.63) is 18.2 Å². The Bertz CT molecular complexity index is 824. The monoisotopic (exact) mass is 426 g/mol. The lowest BCUT2D eigenvalue weighted by atomic mass is 10.1. The van der Waals surface area contributed by atoms with E-state index in [1.807, 2.05) is 0 Å². The van der Waals surface area contributed by atoms with Gasteiger partial charge in [-0.2, -0.15) is 5.06 Å². The zero-order valence-corrected chi connectivity index (χ0v) is 16.8. The van der Waals surface area contributed by atoms with E-state index in [-0.39, 0.29) is 23.9 Å². The average molecular weight is 426 g/mol. The zero-order chi connectivity index (χ0) is 23.2. The molecule has 166 valence electrons. The summed E-state index contributed by atoms with van der Waals surface area (Å²) in [4.78, 5) is 48.3. The first-order valence-corrected chi connectivity index (χ1v) is 9.00. The second-order valence-corrected chi connectivity index (χ2v) is 6.95. The van der Waals surface area contributed by atoms with Crippen LogP contribution in [0.4, 0.5) is 16.2 Å². The molecule has 0 saturated heterocycles. The van der Waals surface area contributed by atoms with Crippen LogP contribution in [0, 0.1) is 5.92 Å². The molecule has 1 rings (SSSR count). The molecule has 0 fully saturated rings. The number of rotatable bonds is 9. The first-order chi connectivity index (χ1) is 13.8. The molecule has 0 radical (unpaired) electrons. The number of urea groups is 1. The fourth-order valence-corrected chi connectivity index (χ4v) is 2.40. The van der Waals surface area contributed by atoms with E-state index in [4.69, 9.17) is 5.73 Å². The number of para-hydroxylation sites is 1. The maximum absolute atomic E-state index is 12.7. The van der Waals surface area contributed by atoms with E-state index in [2.05, 4.69) is 5.32 Å². The lowest BCUT2D eigenvalue weighted by molar-refractivity contribution is -0.185. The van der Waals surface area contributed by atoms with Crippen LogP contribution >= 0.6 is 0 Å². The number of nitrogens with one attached hydrogen (secondary N) is 1. The quantitative estimate of drug-likeness (QED) is 0.102. The van der Waals surface area contributed by atoms with Gasteiger partial charge in [0, 0.05) is 13.0 Å². The zero-order valence-electron chi connectivity index (χ0n) is 16.8. The third kappa shape index (κ3) is 6.14. The fourth-order valence-electron chi connectivity index (χ4n) is 2.40. The molecule has 1 aromatic rings. The number of nitrogens with two attached hydrogens (primary N) is 1. The summed E-state index contributed by atoms with van der Waals surface area (Å²) in [6, 6.07) is 2.58. The smallest absolute Gasteiger partial charge is 0.322 e. The number of hydroxylamine groups is 1. The van der Waals surface area contributed by atoms with Crippen LogP contribution in [0.2, 0.25) is 0 Å². The van der Waals surface area contributed by atoms with Gasteiger partial charge >= 0.3 is 11.9 Å². The molecular formula is C18H26N4O8. The second-order valence-electron chi connectivity index (χ2n) is 6.95. The number of Topliss-reactive ketones (excluding diaryl/α,β-unsaturated/α-hetero) is 1. The molecule has 12 heteroatoms. The van der Waals surface area contributed by atoms with Crippen molar-refractivity contribution in [2.24, 2.45) is 11.7 Å². The Labute approximate surface area is 172 Å². The first kappa shape index (κ1) is 24.8. The van der Waals surface area contributed by atoms with Crippen LogP contribution in [0.5, 0.6) is 5.75 Å². The Balaban J connectivity index is 3.25. The summed E-state index contributed by atoms with van der Waals surface area (Å²) in [6.07, 6.45) is -0.180. The number of carbonyl (C=O) groups excluding carboxylic acids is 4. The molecule has 1 aromatic carbocycles. The van der Waals surface area contributed by atoms with Gasteiger partial charge < -0.3 is 31.3 Å². The molecule has 0 heterocycles. The lowest BCUT2D eigenvalue weighted by Crippen LogP contribution is -2.55. The third-order valence-corrected chi connectivity index (χ3v) is 3.91. The minimum Gasteiger partial charge on any atom is -0.506 e. The number of amides is 4. The Morgan fingerprint density at radius 1 is 1.20 bits per heavy atom. The molecule has 0 aliphatic carbocycles. The molecule has 4 amide bonds. The molecule has 0 aliphatic rings. The summed E-state index contributed by atoms with van der Waals surface area (Å²) >= 11 is 0. The standard InChI is InChI=1S/C18H26N4O8/c1-4-12(23)15(25)22(30)11-6-5-7-13(24)14(11)20-17(27)21(8-10(2)3)9-18(28,29)16(19)26/h5-7,10,24,28-30H,4,8-9H2,1-3H3,(H2,19,26)(H,20,27). The predicted octanol–water partition coefficient (Wildman–Crippen LogP) is -0.250. The SMILES string of the molecule is CCC(=O)C(=O)N(O)c1cccc(O)c1NC(=O)N(CC(C)C)CC(O)(O)C(N)=O. The van der Waals surface area contributed by atoms with E-state index in [1.165, 1.54) is 13.0 Å². The fraction of sp³-hybridized carbons (Fsp3) is 0.444. The number of hydrogen-bond acceptors (Lipinski definition) is 8. The van der Waals surface area contributed by atoms with Crippen molar-refractivity contribution in [2.75, 3.05) is 23.5 Å². The summed E-state index contributed by atoms with van der Waals surface area (Å²) in [5, 5.41) is 41.9. The van der Waals surface area contributed by atoms with Crippen LogP contribution in [-0.2, 0) is 14.4 Å². The first-order valence-electron chi connectivity index (χ1n) is 9.00. The topological polar surface area (TPSA) is 194 Å². The Morgan fingerprint density at radius 2 is 1.80 bits per heavy atom. The highest BCUT2D eigenvalue weighted by molar-refractivity contribution is 6.40. The van der Waals surface area contributed by atoms with Gasteiger partial charge in [0.2, 0.25) is 5.78 Å². The number of ketones is 1. The van der Waals surface area contributed by atoms with E-state index >= 15 is 0 Å². The summed E-state index contributed by atoms with van der Waals surface area (Å²) in [5.41, 5.74) is 4.10. The van der Waals surface area contributed by atoms with Crippen molar-refractivity contribution >= 4 is 35.0 Å². The molecular weight excluding hydrogens is 400 g/mol. The largest absolute Gasteiger partial charge is 0.506 e. The van der Waals surface area contributed by atoms with Crippen LogP contribution in [-0.4, -0.2) is 67.9 Å². The average Bonchev–Trinajstić information content (AvgIpc) is 2.66. The van der Waals surface area contributed by atoms with E-state index in [0.29, 0.717) is 0 Å². The minimum atomic E-state index is -3.01. The Hall–Kier alpha value is -3.22. The molecule has 0 aromatic heterocycles.